The summed E-state index contributed by atoms with van der Waals surface area (Å²) in [5.41, 5.74) is -2.08. The molecule has 0 aliphatic rings. The number of alkyl halides is 3. The molecule has 0 bridgehead atoms. The van der Waals surface area contributed by atoms with Crippen LogP contribution in [0.4, 0.5) is 13.2 Å². The molecule has 0 spiro atoms. The van der Waals surface area contributed by atoms with E-state index in [1.165, 1.54) is 34.9 Å². The molecule has 10 heteroatoms. The minimum Gasteiger partial charge on any atom is -0.387 e. The molecule has 3 aromatic rings. The van der Waals surface area contributed by atoms with E-state index in [2.05, 4.69) is 10.3 Å². The number of H-pyrrole nitrogens is 1. The van der Waals surface area contributed by atoms with Gasteiger partial charge in [-0.3, -0.25) is 14.4 Å². The van der Waals surface area contributed by atoms with E-state index >= 15 is 0 Å². The maximum absolute atomic E-state index is 13.1. The maximum Gasteiger partial charge on any atom is 0.416 e. The van der Waals surface area contributed by atoms with Gasteiger partial charge in [0, 0.05) is 18.7 Å². The van der Waals surface area contributed by atoms with Crippen LogP contribution >= 0.6 is 0 Å². The summed E-state index contributed by atoms with van der Waals surface area (Å²) in [5.74, 6) is -0.657. The van der Waals surface area contributed by atoms with Crippen molar-refractivity contribution in [2.24, 2.45) is 0 Å². The number of hydrogen-bond donors (Lipinski definition) is 3. The van der Waals surface area contributed by atoms with Gasteiger partial charge in [-0.05, 0) is 36.8 Å². The second-order valence-electron chi connectivity index (χ2n) is 6.55. The Morgan fingerprint density at radius 3 is 2.57 bits per heavy atom. The Hall–Kier alpha value is -3.40. The van der Waals surface area contributed by atoms with Crippen LogP contribution in [0.5, 0.6) is 0 Å². The number of rotatable bonds is 5. The summed E-state index contributed by atoms with van der Waals surface area (Å²) in [6.07, 6.45) is -6.21. The van der Waals surface area contributed by atoms with Crippen LogP contribution in [-0.2, 0) is 12.7 Å². The number of carbonyl (C=O) groups is 1. The number of hydrogen-bond acceptors (Lipinski definition) is 4. The number of nitrogens with zero attached hydrogens (tertiary/aromatic N) is 1. The molecule has 0 aliphatic carbocycles. The largest absolute Gasteiger partial charge is 0.416 e. The molecule has 0 fully saturated rings. The Morgan fingerprint density at radius 2 is 1.90 bits per heavy atom. The number of aromatic nitrogens is 2. The standard InChI is InChI=1S/C20H18F3N3O4/c1-2-26-15-8-7-11(9-14(15)25-18(29)19(26)30)17(28)24-10-16(27)12-5-3-4-6-13(12)20(21,22)23/h3-9,16,27H,2,10H2,1H3,(H,24,28)(H,25,29). The lowest BCUT2D eigenvalue weighted by molar-refractivity contribution is -0.139. The molecule has 1 atom stereocenters. The quantitative estimate of drug-likeness (QED) is 0.550. The third kappa shape index (κ3) is 4.13. The van der Waals surface area contributed by atoms with Gasteiger partial charge < -0.3 is 20.0 Å². The fourth-order valence-electron chi connectivity index (χ4n) is 3.18. The Morgan fingerprint density at radius 1 is 1.20 bits per heavy atom. The number of aromatic amines is 1. The topological polar surface area (TPSA) is 104 Å². The zero-order chi connectivity index (χ0) is 22.1. The molecular formula is C20H18F3N3O4. The molecule has 1 unspecified atom stereocenters. The van der Waals surface area contributed by atoms with Gasteiger partial charge >= 0.3 is 17.3 Å². The number of aryl methyl sites for hydroxylation is 1. The zero-order valence-electron chi connectivity index (χ0n) is 15.8. The number of aliphatic hydroxyl groups excluding tert-OH is 1. The lowest BCUT2D eigenvalue weighted by Crippen LogP contribution is -2.36. The highest BCUT2D eigenvalue weighted by atomic mass is 19.4. The van der Waals surface area contributed by atoms with Gasteiger partial charge in [-0.15, -0.1) is 0 Å². The van der Waals surface area contributed by atoms with Crippen molar-refractivity contribution < 1.29 is 23.1 Å². The third-order valence-corrected chi connectivity index (χ3v) is 4.63. The van der Waals surface area contributed by atoms with Crippen LogP contribution in [0.15, 0.2) is 52.1 Å². The van der Waals surface area contributed by atoms with Crippen molar-refractivity contribution >= 4 is 16.9 Å². The number of halogens is 3. The molecule has 30 heavy (non-hydrogen) atoms. The molecular weight excluding hydrogens is 403 g/mol. The second kappa shape index (κ2) is 8.15. The first kappa shape index (κ1) is 21.3. The molecule has 0 aliphatic heterocycles. The van der Waals surface area contributed by atoms with E-state index in [1.54, 1.807) is 6.92 Å². The molecule has 0 saturated carbocycles. The molecule has 1 heterocycles. The predicted octanol–water partition coefficient (Wildman–Crippen LogP) is 2.19. The van der Waals surface area contributed by atoms with E-state index in [4.69, 9.17) is 0 Å². The number of aliphatic hydroxyl groups is 1. The van der Waals surface area contributed by atoms with Gasteiger partial charge in [-0.25, -0.2) is 0 Å². The summed E-state index contributed by atoms with van der Waals surface area (Å²) in [5, 5.41) is 12.5. The van der Waals surface area contributed by atoms with Crippen molar-refractivity contribution in [3.63, 3.8) is 0 Å². The van der Waals surface area contributed by atoms with E-state index in [-0.39, 0.29) is 23.2 Å². The molecule has 3 N–H and O–H groups in total. The zero-order valence-corrected chi connectivity index (χ0v) is 15.8. The molecule has 0 saturated heterocycles. The first-order valence-corrected chi connectivity index (χ1v) is 9.02. The van der Waals surface area contributed by atoms with Gasteiger partial charge in [0.25, 0.3) is 5.91 Å². The molecule has 7 nitrogen and oxygen atoms in total. The average Bonchev–Trinajstić information content (AvgIpc) is 2.71. The Kier molecular flexibility index (Phi) is 5.79. The molecule has 1 amide bonds. The highest BCUT2D eigenvalue weighted by Crippen LogP contribution is 2.34. The van der Waals surface area contributed by atoms with Gasteiger partial charge in [0.1, 0.15) is 0 Å². The average molecular weight is 421 g/mol. The van der Waals surface area contributed by atoms with Crippen LogP contribution in [0.25, 0.3) is 11.0 Å². The summed E-state index contributed by atoms with van der Waals surface area (Å²) < 4.78 is 40.5. The van der Waals surface area contributed by atoms with E-state index in [0.717, 1.165) is 12.1 Å². The molecule has 158 valence electrons. The first-order valence-electron chi connectivity index (χ1n) is 9.02. The van der Waals surface area contributed by atoms with Crippen LogP contribution in [0.1, 0.15) is 34.5 Å². The lowest BCUT2D eigenvalue weighted by atomic mass is 10.0. The van der Waals surface area contributed by atoms with E-state index in [1.807, 2.05) is 0 Å². The summed E-state index contributed by atoms with van der Waals surface area (Å²) in [7, 11) is 0. The Balaban J connectivity index is 1.82. The van der Waals surface area contributed by atoms with Crippen molar-refractivity contribution in [2.45, 2.75) is 25.7 Å². The summed E-state index contributed by atoms with van der Waals surface area (Å²) in [6, 6.07) is 8.83. The minimum absolute atomic E-state index is 0.107. The van der Waals surface area contributed by atoms with Crippen LogP contribution in [0.3, 0.4) is 0 Å². The number of nitrogens with one attached hydrogen (secondary N) is 2. The normalized spacial score (nSPS) is 12.7. The van der Waals surface area contributed by atoms with E-state index in [0.29, 0.717) is 5.52 Å². The summed E-state index contributed by atoms with van der Waals surface area (Å²) in [4.78, 5) is 38.4. The molecule has 1 aromatic heterocycles. The van der Waals surface area contributed by atoms with Crippen molar-refractivity contribution in [3.8, 4) is 0 Å². The fraction of sp³-hybridized carbons (Fsp3) is 0.250. The van der Waals surface area contributed by atoms with Gasteiger partial charge in [0.2, 0.25) is 0 Å². The van der Waals surface area contributed by atoms with Crippen molar-refractivity contribution in [2.75, 3.05) is 6.54 Å². The number of fused-ring (bicyclic) bond motifs is 1. The second-order valence-corrected chi connectivity index (χ2v) is 6.55. The number of carbonyl (C=O) groups excluding carboxylic acids is 1. The van der Waals surface area contributed by atoms with Crippen LogP contribution in [-0.4, -0.2) is 27.1 Å². The van der Waals surface area contributed by atoms with E-state index < -0.39 is 41.4 Å². The fourth-order valence-corrected chi connectivity index (χ4v) is 3.18. The molecule has 3 rings (SSSR count). The maximum atomic E-state index is 13.1. The highest BCUT2D eigenvalue weighted by Gasteiger charge is 2.34. The van der Waals surface area contributed by atoms with Crippen LogP contribution in [0.2, 0.25) is 0 Å². The number of amides is 1. The Labute approximate surface area is 167 Å². The third-order valence-electron chi connectivity index (χ3n) is 4.63. The lowest BCUT2D eigenvalue weighted by Gasteiger charge is -2.18. The van der Waals surface area contributed by atoms with Gasteiger partial charge in [-0.2, -0.15) is 13.2 Å². The Bertz CT molecular complexity index is 1210. The van der Waals surface area contributed by atoms with E-state index in [9.17, 15) is 32.7 Å². The summed E-state index contributed by atoms with van der Waals surface area (Å²) >= 11 is 0. The SMILES string of the molecule is CCn1c(=O)c(=O)[nH]c2cc(C(=O)NCC(O)c3ccccc3C(F)(F)F)ccc21. The van der Waals surface area contributed by atoms with Gasteiger partial charge in [0.15, 0.2) is 0 Å². The number of benzene rings is 2. The molecule has 2 aromatic carbocycles. The van der Waals surface area contributed by atoms with Gasteiger partial charge in [-0.1, -0.05) is 18.2 Å². The van der Waals surface area contributed by atoms with Crippen molar-refractivity contribution in [1.82, 2.24) is 14.9 Å². The smallest absolute Gasteiger partial charge is 0.387 e. The minimum atomic E-state index is -4.64. The summed E-state index contributed by atoms with van der Waals surface area (Å²) in [6.45, 7) is 1.51. The highest BCUT2D eigenvalue weighted by molar-refractivity contribution is 5.97. The van der Waals surface area contributed by atoms with Crippen molar-refractivity contribution in [3.05, 3.63) is 79.9 Å². The predicted molar refractivity (Wildman–Crippen MR) is 103 cm³/mol. The molecule has 0 radical (unpaired) electrons. The van der Waals surface area contributed by atoms with Crippen molar-refractivity contribution in [1.29, 1.82) is 0 Å². The van der Waals surface area contributed by atoms with Gasteiger partial charge in [0.05, 0.1) is 22.7 Å². The monoisotopic (exact) mass is 421 g/mol. The van der Waals surface area contributed by atoms with Crippen LogP contribution < -0.4 is 16.4 Å². The first-order chi connectivity index (χ1) is 14.1. The van der Waals surface area contributed by atoms with Crippen LogP contribution in [0, 0.1) is 0 Å².